The van der Waals surface area contributed by atoms with E-state index in [1.165, 1.54) is 31.4 Å². The molecule has 0 aromatic heterocycles. The molecule has 6 nitrogen and oxygen atoms in total. The first-order valence-electron chi connectivity index (χ1n) is 9.71. The number of ketones is 1. The predicted molar refractivity (Wildman–Crippen MR) is 124 cm³/mol. The van der Waals surface area contributed by atoms with Crippen molar-refractivity contribution in [1.82, 2.24) is 0 Å². The summed E-state index contributed by atoms with van der Waals surface area (Å²) in [5.74, 6) is -0.600. The van der Waals surface area contributed by atoms with Gasteiger partial charge < -0.3 is 19.9 Å². The molecule has 0 saturated carbocycles. The minimum Gasteiger partial charge on any atom is -0.497 e. The number of aryl methyl sites for hydroxylation is 2. The first-order valence-corrected chi connectivity index (χ1v) is 10.5. The summed E-state index contributed by atoms with van der Waals surface area (Å²) in [5.41, 5.74) is 7.02. The molecule has 9 heteroatoms. The van der Waals surface area contributed by atoms with E-state index in [2.05, 4.69) is 0 Å². The van der Waals surface area contributed by atoms with Gasteiger partial charge in [-0.2, -0.15) is 0 Å². The molecule has 3 aromatic carbocycles. The maximum atomic E-state index is 13.8. The van der Waals surface area contributed by atoms with Gasteiger partial charge in [-0.3, -0.25) is 9.59 Å². The van der Waals surface area contributed by atoms with E-state index in [-0.39, 0.29) is 45.2 Å². The number of carbonyl (C=O) groups is 2. The lowest BCUT2D eigenvalue weighted by Gasteiger charge is -2.16. The summed E-state index contributed by atoms with van der Waals surface area (Å²) in [7, 11) is 1.40. The Labute approximate surface area is 200 Å². The highest BCUT2D eigenvalue weighted by Gasteiger charge is 2.19. The van der Waals surface area contributed by atoms with Crippen LogP contribution in [0.15, 0.2) is 42.5 Å². The second-order valence-electron chi connectivity index (χ2n) is 7.14. The van der Waals surface area contributed by atoms with Gasteiger partial charge in [0.05, 0.1) is 23.7 Å². The normalized spacial score (nSPS) is 10.6. The molecule has 0 radical (unpaired) electrons. The van der Waals surface area contributed by atoms with Crippen molar-refractivity contribution < 1.29 is 28.2 Å². The summed E-state index contributed by atoms with van der Waals surface area (Å²) in [5, 5.41) is 0.237. The number of nitrogens with two attached hydrogens (primary N) is 1. The van der Waals surface area contributed by atoms with Gasteiger partial charge in [0.1, 0.15) is 23.1 Å². The second-order valence-corrected chi connectivity index (χ2v) is 7.96. The highest BCUT2D eigenvalue weighted by Crippen LogP contribution is 2.41. The van der Waals surface area contributed by atoms with E-state index in [0.29, 0.717) is 22.4 Å². The smallest absolute Gasteiger partial charge is 0.325 e. The minimum atomic E-state index is -0.640. The van der Waals surface area contributed by atoms with E-state index in [1.807, 2.05) is 0 Å². The standard InChI is InChI=1S/C24H20Cl2FNO5/c1-12-4-14(22(30)15-6-16(27)8-17(7-15)31-3)5-13(2)23(12)33-24-19(25)9-18(10-20(24)26)32-21(29)11-28/h4-10H,11,28H2,1-3H3. The Kier molecular flexibility index (Phi) is 7.58. The van der Waals surface area contributed by atoms with Crippen LogP contribution in [0.1, 0.15) is 27.0 Å². The Morgan fingerprint density at radius 3 is 2.00 bits per heavy atom. The van der Waals surface area contributed by atoms with Gasteiger partial charge in [-0.15, -0.1) is 0 Å². The maximum absolute atomic E-state index is 13.8. The Morgan fingerprint density at radius 1 is 0.879 bits per heavy atom. The van der Waals surface area contributed by atoms with Crippen molar-refractivity contribution in [2.24, 2.45) is 5.73 Å². The lowest BCUT2D eigenvalue weighted by atomic mass is 9.98. The zero-order valence-corrected chi connectivity index (χ0v) is 19.5. The summed E-state index contributed by atoms with van der Waals surface area (Å²) in [6, 6.07) is 9.84. The van der Waals surface area contributed by atoms with Gasteiger partial charge in [-0.05, 0) is 49.2 Å². The fourth-order valence-corrected chi connectivity index (χ4v) is 3.73. The predicted octanol–water partition coefficient (Wildman–Crippen LogP) is 5.65. The first-order chi connectivity index (χ1) is 15.6. The van der Waals surface area contributed by atoms with E-state index in [1.54, 1.807) is 26.0 Å². The Balaban J connectivity index is 1.92. The Hall–Kier alpha value is -3.13. The third-order valence-corrected chi connectivity index (χ3v) is 5.23. The number of esters is 1. The number of methoxy groups -OCH3 is 1. The fourth-order valence-electron chi connectivity index (χ4n) is 3.19. The first kappa shape index (κ1) is 24.5. The minimum absolute atomic E-state index is 0.119. The van der Waals surface area contributed by atoms with Crippen LogP contribution < -0.4 is 19.9 Å². The second kappa shape index (κ2) is 10.2. The molecule has 0 amide bonds. The monoisotopic (exact) mass is 491 g/mol. The van der Waals surface area contributed by atoms with Crippen molar-refractivity contribution in [3.8, 4) is 23.0 Å². The number of rotatable bonds is 7. The van der Waals surface area contributed by atoms with E-state index >= 15 is 0 Å². The molecule has 33 heavy (non-hydrogen) atoms. The molecule has 0 unspecified atom stereocenters. The van der Waals surface area contributed by atoms with Crippen LogP contribution in [0.4, 0.5) is 4.39 Å². The van der Waals surface area contributed by atoms with Crippen LogP contribution in [0.3, 0.4) is 0 Å². The summed E-state index contributed by atoms with van der Waals surface area (Å²) < 4.78 is 29.9. The van der Waals surface area contributed by atoms with Gasteiger partial charge in [0, 0.05) is 29.3 Å². The van der Waals surface area contributed by atoms with Crippen molar-refractivity contribution in [1.29, 1.82) is 0 Å². The lowest BCUT2D eigenvalue weighted by Crippen LogP contribution is -2.19. The summed E-state index contributed by atoms with van der Waals surface area (Å²) in [4.78, 5) is 24.3. The van der Waals surface area contributed by atoms with Crippen LogP contribution in [0, 0.1) is 19.7 Å². The van der Waals surface area contributed by atoms with Crippen molar-refractivity contribution in [3.05, 3.63) is 80.6 Å². The molecule has 0 fully saturated rings. The average Bonchev–Trinajstić information content (AvgIpc) is 2.76. The molecule has 0 spiro atoms. The van der Waals surface area contributed by atoms with E-state index in [0.717, 1.165) is 6.07 Å². The van der Waals surface area contributed by atoms with Crippen molar-refractivity contribution in [2.45, 2.75) is 13.8 Å². The maximum Gasteiger partial charge on any atom is 0.325 e. The third-order valence-electron chi connectivity index (χ3n) is 4.67. The van der Waals surface area contributed by atoms with Crippen LogP contribution in [-0.4, -0.2) is 25.4 Å². The van der Waals surface area contributed by atoms with Crippen LogP contribution in [0.2, 0.25) is 10.0 Å². The topological polar surface area (TPSA) is 87.9 Å². The number of benzene rings is 3. The molecule has 0 atom stereocenters. The van der Waals surface area contributed by atoms with E-state index in [9.17, 15) is 14.0 Å². The highest BCUT2D eigenvalue weighted by atomic mass is 35.5. The molecule has 0 aliphatic rings. The van der Waals surface area contributed by atoms with Gasteiger partial charge in [-0.25, -0.2) is 4.39 Å². The average molecular weight is 492 g/mol. The van der Waals surface area contributed by atoms with Crippen molar-refractivity contribution >= 4 is 35.0 Å². The highest BCUT2D eigenvalue weighted by molar-refractivity contribution is 6.37. The largest absolute Gasteiger partial charge is 0.497 e. The molecule has 3 aromatic rings. The molecule has 172 valence electrons. The Bertz CT molecular complexity index is 1200. The molecule has 0 aliphatic heterocycles. The number of hydrogen-bond acceptors (Lipinski definition) is 6. The Morgan fingerprint density at radius 2 is 1.45 bits per heavy atom. The number of halogens is 3. The van der Waals surface area contributed by atoms with Crippen molar-refractivity contribution in [2.75, 3.05) is 13.7 Å². The molecule has 0 bridgehead atoms. The number of carbonyl (C=O) groups excluding carboxylic acids is 2. The van der Waals surface area contributed by atoms with Crippen LogP contribution >= 0.6 is 23.2 Å². The van der Waals surface area contributed by atoms with Crippen molar-refractivity contribution in [3.63, 3.8) is 0 Å². The molecule has 0 heterocycles. The molecule has 2 N–H and O–H groups in total. The zero-order chi connectivity index (χ0) is 24.3. The number of ether oxygens (including phenoxy) is 3. The molecular formula is C24H20Cl2FNO5. The van der Waals surface area contributed by atoms with Gasteiger partial charge in [0.15, 0.2) is 11.5 Å². The van der Waals surface area contributed by atoms with Gasteiger partial charge in [0.25, 0.3) is 0 Å². The van der Waals surface area contributed by atoms with E-state index in [4.69, 9.17) is 43.1 Å². The fraction of sp³-hybridized carbons (Fsp3) is 0.167. The van der Waals surface area contributed by atoms with Gasteiger partial charge in [0.2, 0.25) is 0 Å². The van der Waals surface area contributed by atoms with Gasteiger partial charge >= 0.3 is 5.97 Å². The summed E-state index contributed by atoms with van der Waals surface area (Å²) in [6.45, 7) is 3.22. The summed E-state index contributed by atoms with van der Waals surface area (Å²) >= 11 is 12.6. The molecule has 0 saturated heterocycles. The van der Waals surface area contributed by atoms with Crippen LogP contribution in [0.25, 0.3) is 0 Å². The zero-order valence-electron chi connectivity index (χ0n) is 18.0. The quantitative estimate of drug-likeness (QED) is 0.261. The molecule has 0 aliphatic carbocycles. The lowest BCUT2D eigenvalue weighted by molar-refractivity contribution is -0.132. The summed E-state index contributed by atoms with van der Waals surface area (Å²) in [6.07, 6.45) is 0. The number of hydrogen-bond donors (Lipinski definition) is 1. The van der Waals surface area contributed by atoms with Gasteiger partial charge in [-0.1, -0.05) is 23.2 Å². The SMILES string of the molecule is COc1cc(F)cc(C(=O)c2cc(C)c(Oc3c(Cl)cc(OC(=O)CN)cc3Cl)c(C)c2)c1. The third kappa shape index (κ3) is 5.63. The van der Waals surface area contributed by atoms with Crippen LogP contribution in [0.5, 0.6) is 23.0 Å². The van der Waals surface area contributed by atoms with Crippen LogP contribution in [-0.2, 0) is 4.79 Å². The van der Waals surface area contributed by atoms with E-state index < -0.39 is 11.8 Å². The molecule has 3 rings (SSSR count). The molecular weight excluding hydrogens is 472 g/mol.